The lowest BCUT2D eigenvalue weighted by Gasteiger charge is -2.21. The highest BCUT2D eigenvalue weighted by atomic mass is 32.2. The Bertz CT molecular complexity index is 197. The predicted octanol–water partition coefficient (Wildman–Crippen LogP) is 0.943. The summed E-state index contributed by atoms with van der Waals surface area (Å²) in [6.45, 7) is 5.49. The third-order valence-corrected chi connectivity index (χ3v) is 3.09. The van der Waals surface area contributed by atoms with Gasteiger partial charge < -0.3 is 15.5 Å². The van der Waals surface area contributed by atoms with Gasteiger partial charge in [0.15, 0.2) is 5.60 Å². The molecule has 0 aromatic carbocycles. The molecule has 5 heteroatoms. The first kappa shape index (κ1) is 14.7. The summed E-state index contributed by atoms with van der Waals surface area (Å²) in [7, 11) is 0. The van der Waals surface area contributed by atoms with Gasteiger partial charge in [-0.2, -0.15) is 11.8 Å². The highest BCUT2D eigenvalue weighted by molar-refractivity contribution is 7.99. The van der Waals surface area contributed by atoms with Gasteiger partial charge >= 0.3 is 5.97 Å². The highest BCUT2D eigenvalue weighted by Gasteiger charge is 2.29. The molecule has 0 aliphatic carbocycles. The second-order valence-corrected chi connectivity index (χ2v) is 5.24. The Morgan fingerprint density at radius 3 is 2.67 bits per heavy atom. The maximum atomic E-state index is 10.6. The molecule has 0 bridgehead atoms. The van der Waals surface area contributed by atoms with Crippen molar-refractivity contribution in [1.82, 2.24) is 5.32 Å². The molecule has 0 aliphatic rings. The Balaban J connectivity index is 3.70. The third-order valence-electron chi connectivity index (χ3n) is 2.15. The normalized spacial score (nSPS) is 17.1. The zero-order valence-electron chi connectivity index (χ0n) is 9.62. The molecule has 0 spiro atoms. The van der Waals surface area contributed by atoms with Crippen molar-refractivity contribution >= 4 is 17.7 Å². The lowest BCUT2D eigenvalue weighted by molar-refractivity contribution is -0.156. The first-order valence-electron chi connectivity index (χ1n) is 5.17. The van der Waals surface area contributed by atoms with E-state index < -0.39 is 11.6 Å². The Labute approximate surface area is 95.4 Å². The van der Waals surface area contributed by atoms with Crippen molar-refractivity contribution in [2.75, 3.05) is 18.1 Å². The van der Waals surface area contributed by atoms with Gasteiger partial charge in [-0.1, -0.05) is 6.92 Å². The fraction of sp³-hybridized carbons (Fsp3) is 0.900. The molecule has 2 atom stereocenters. The molecule has 90 valence electrons. The molecule has 0 heterocycles. The summed E-state index contributed by atoms with van der Waals surface area (Å²) in [6, 6.07) is 0.231. The molecule has 0 aromatic heterocycles. The number of carboxylic acids is 1. The van der Waals surface area contributed by atoms with Crippen LogP contribution in [0.4, 0.5) is 0 Å². The molecule has 0 amide bonds. The number of aliphatic hydroxyl groups is 1. The Hall–Kier alpha value is -0.260. The summed E-state index contributed by atoms with van der Waals surface area (Å²) in [6.07, 6.45) is 0.980. The largest absolute Gasteiger partial charge is 0.479 e. The first-order chi connectivity index (χ1) is 6.90. The number of hydrogen-bond acceptors (Lipinski definition) is 4. The molecule has 2 unspecified atom stereocenters. The van der Waals surface area contributed by atoms with Crippen LogP contribution in [0.25, 0.3) is 0 Å². The van der Waals surface area contributed by atoms with E-state index in [9.17, 15) is 9.90 Å². The molecular formula is C10H21NO3S. The van der Waals surface area contributed by atoms with Gasteiger partial charge in [0.2, 0.25) is 0 Å². The van der Waals surface area contributed by atoms with Crippen LogP contribution in [-0.2, 0) is 4.79 Å². The summed E-state index contributed by atoms with van der Waals surface area (Å²) in [5, 5.41) is 21.1. The summed E-state index contributed by atoms with van der Waals surface area (Å²) in [5.74, 6) is 0.963. The van der Waals surface area contributed by atoms with Crippen molar-refractivity contribution in [1.29, 1.82) is 0 Å². The number of thioether (sulfide) groups is 1. The summed E-state index contributed by atoms with van der Waals surface area (Å²) in [4.78, 5) is 10.6. The Morgan fingerprint density at radius 1 is 1.60 bits per heavy atom. The fourth-order valence-electron chi connectivity index (χ4n) is 0.955. The smallest absolute Gasteiger partial charge is 0.336 e. The van der Waals surface area contributed by atoms with Crippen LogP contribution < -0.4 is 5.32 Å². The number of rotatable bonds is 8. The minimum Gasteiger partial charge on any atom is -0.479 e. The van der Waals surface area contributed by atoms with E-state index >= 15 is 0 Å². The predicted molar refractivity (Wildman–Crippen MR) is 63.3 cm³/mol. The van der Waals surface area contributed by atoms with Gasteiger partial charge in [-0.25, -0.2) is 4.79 Å². The molecule has 0 fully saturated rings. The van der Waals surface area contributed by atoms with E-state index in [2.05, 4.69) is 12.2 Å². The second-order valence-electron chi connectivity index (χ2n) is 3.85. The van der Waals surface area contributed by atoms with Crippen molar-refractivity contribution in [3.05, 3.63) is 0 Å². The van der Waals surface area contributed by atoms with Gasteiger partial charge in [0, 0.05) is 12.6 Å². The van der Waals surface area contributed by atoms with Gasteiger partial charge in [0.1, 0.15) is 0 Å². The van der Waals surface area contributed by atoms with Gasteiger partial charge in [-0.15, -0.1) is 0 Å². The molecule has 15 heavy (non-hydrogen) atoms. The summed E-state index contributed by atoms with van der Waals surface area (Å²) >= 11 is 1.86. The van der Waals surface area contributed by atoms with Gasteiger partial charge in [0.25, 0.3) is 0 Å². The van der Waals surface area contributed by atoms with E-state index in [0.29, 0.717) is 0 Å². The summed E-state index contributed by atoms with van der Waals surface area (Å²) < 4.78 is 0. The second kappa shape index (κ2) is 7.09. The van der Waals surface area contributed by atoms with Crippen LogP contribution in [0.1, 0.15) is 27.2 Å². The molecule has 0 aromatic rings. The Morgan fingerprint density at radius 2 is 2.20 bits per heavy atom. The van der Waals surface area contributed by atoms with Crippen molar-refractivity contribution in [2.24, 2.45) is 0 Å². The number of carbonyl (C=O) groups is 1. The van der Waals surface area contributed by atoms with Gasteiger partial charge in [-0.3, -0.25) is 0 Å². The third kappa shape index (κ3) is 6.76. The zero-order chi connectivity index (χ0) is 11.9. The SMILES string of the molecule is CCSCCC(C)NCC(C)(O)C(=O)O. The molecule has 0 aliphatic heterocycles. The molecular weight excluding hydrogens is 214 g/mol. The van der Waals surface area contributed by atoms with Crippen molar-refractivity contribution < 1.29 is 15.0 Å². The van der Waals surface area contributed by atoms with Crippen LogP contribution in [0, 0.1) is 0 Å². The lowest BCUT2D eigenvalue weighted by Crippen LogP contribution is -2.47. The first-order valence-corrected chi connectivity index (χ1v) is 6.32. The van der Waals surface area contributed by atoms with Crippen molar-refractivity contribution in [2.45, 2.75) is 38.8 Å². The van der Waals surface area contributed by atoms with Gasteiger partial charge in [-0.05, 0) is 31.8 Å². The molecule has 3 N–H and O–H groups in total. The molecule has 0 saturated carbocycles. The lowest BCUT2D eigenvalue weighted by atomic mass is 10.1. The molecule has 4 nitrogen and oxygen atoms in total. The topological polar surface area (TPSA) is 69.6 Å². The van der Waals surface area contributed by atoms with Crippen LogP contribution >= 0.6 is 11.8 Å². The van der Waals surface area contributed by atoms with Crippen LogP contribution in [-0.4, -0.2) is 45.9 Å². The van der Waals surface area contributed by atoms with E-state index in [4.69, 9.17) is 5.11 Å². The van der Waals surface area contributed by atoms with Crippen molar-refractivity contribution in [3.63, 3.8) is 0 Å². The molecule has 0 saturated heterocycles. The van der Waals surface area contributed by atoms with E-state index in [1.54, 1.807) is 0 Å². The zero-order valence-corrected chi connectivity index (χ0v) is 10.4. The van der Waals surface area contributed by atoms with Gasteiger partial charge in [0.05, 0.1) is 0 Å². The van der Waals surface area contributed by atoms with Crippen LogP contribution in [0.5, 0.6) is 0 Å². The standard InChI is InChI=1S/C10H21NO3S/c1-4-15-6-5-8(2)11-7-10(3,14)9(12)13/h8,11,14H,4-7H2,1-3H3,(H,12,13). The van der Waals surface area contributed by atoms with E-state index in [1.807, 2.05) is 18.7 Å². The number of hydrogen-bond donors (Lipinski definition) is 3. The molecule has 0 radical (unpaired) electrons. The fourth-order valence-corrected chi connectivity index (χ4v) is 1.76. The number of carboxylic acid groups (broad SMARTS) is 1. The highest BCUT2D eigenvalue weighted by Crippen LogP contribution is 2.06. The van der Waals surface area contributed by atoms with Crippen molar-refractivity contribution in [3.8, 4) is 0 Å². The van der Waals surface area contributed by atoms with Crippen LogP contribution in [0.2, 0.25) is 0 Å². The van der Waals surface area contributed by atoms with Crippen LogP contribution in [0.15, 0.2) is 0 Å². The maximum Gasteiger partial charge on any atom is 0.336 e. The molecule has 0 rings (SSSR count). The average molecular weight is 235 g/mol. The Kier molecular flexibility index (Phi) is 6.96. The quantitative estimate of drug-likeness (QED) is 0.546. The summed E-state index contributed by atoms with van der Waals surface area (Å²) in [5.41, 5.74) is -1.67. The van der Waals surface area contributed by atoms with E-state index in [1.165, 1.54) is 6.92 Å². The van der Waals surface area contributed by atoms with E-state index in [0.717, 1.165) is 17.9 Å². The number of aliphatic carboxylic acids is 1. The minimum atomic E-state index is -1.67. The van der Waals surface area contributed by atoms with Crippen LogP contribution in [0.3, 0.4) is 0 Å². The monoisotopic (exact) mass is 235 g/mol. The average Bonchev–Trinajstić information content (AvgIpc) is 2.15. The minimum absolute atomic E-state index is 0.0836. The van der Waals surface area contributed by atoms with E-state index in [-0.39, 0.29) is 12.6 Å². The maximum absolute atomic E-state index is 10.6. The number of nitrogens with one attached hydrogen (secondary N) is 1.